The summed E-state index contributed by atoms with van der Waals surface area (Å²) in [4.78, 5) is 34.6. The Morgan fingerprint density at radius 1 is 1.33 bits per heavy atom. The molecule has 116 valence electrons. The van der Waals surface area contributed by atoms with E-state index in [1.54, 1.807) is 20.8 Å². The van der Waals surface area contributed by atoms with Gasteiger partial charge in [0.2, 0.25) is 17.4 Å². The lowest BCUT2D eigenvalue weighted by Gasteiger charge is -2.24. The summed E-state index contributed by atoms with van der Waals surface area (Å²) >= 11 is 0. The molecule has 1 unspecified atom stereocenters. The second kappa shape index (κ2) is 6.56. The fraction of sp³-hybridized carbons (Fsp3) is 0.533. The van der Waals surface area contributed by atoms with Crippen molar-refractivity contribution in [2.45, 2.75) is 46.8 Å². The summed E-state index contributed by atoms with van der Waals surface area (Å²) in [6.07, 6.45) is 1.82. The van der Waals surface area contributed by atoms with Crippen LogP contribution in [0.5, 0.6) is 0 Å². The molecule has 1 aliphatic rings. The third-order valence-corrected chi connectivity index (χ3v) is 3.20. The first-order chi connectivity index (χ1) is 9.65. The number of carbonyl (C=O) groups excluding carboxylic acids is 3. The molecule has 0 fully saturated rings. The first-order valence-electron chi connectivity index (χ1n) is 6.69. The largest absolute Gasteiger partial charge is 0.466 e. The summed E-state index contributed by atoms with van der Waals surface area (Å²) in [5, 5.41) is 2.56. The van der Waals surface area contributed by atoms with Gasteiger partial charge in [-0.05, 0) is 20.8 Å². The Hall–Kier alpha value is -2.11. The number of allylic oxidation sites excluding steroid dienone is 1. The van der Waals surface area contributed by atoms with E-state index in [0.29, 0.717) is 17.8 Å². The minimum absolute atomic E-state index is 0.220. The minimum atomic E-state index is -1.35. The van der Waals surface area contributed by atoms with E-state index in [0.717, 1.165) is 5.57 Å². The van der Waals surface area contributed by atoms with Crippen LogP contribution in [0.2, 0.25) is 0 Å². The molecule has 0 aliphatic carbocycles. The molecule has 0 saturated carbocycles. The predicted molar refractivity (Wildman–Crippen MR) is 76.0 cm³/mol. The Morgan fingerprint density at radius 2 is 1.95 bits per heavy atom. The summed E-state index contributed by atoms with van der Waals surface area (Å²) in [5.74, 6) is -0.520. The highest BCUT2D eigenvalue weighted by Crippen LogP contribution is 2.27. The second-order valence-corrected chi connectivity index (χ2v) is 5.22. The summed E-state index contributed by atoms with van der Waals surface area (Å²) < 4.78 is 10.2. The topological polar surface area (TPSA) is 81.7 Å². The SMILES string of the molecule is CC(=O)OCCC(C)=CC(=O)NC1(C)OC(C)=C(C)C1=O. The Morgan fingerprint density at radius 3 is 2.43 bits per heavy atom. The number of hydrogen-bond donors (Lipinski definition) is 1. The van der Waals surface area contributed by atoms with Crippen molar-refractivity contribution < 1.29 is 23.9 Å². The van der Waals surface area contributed by atoms with E-state index in [4.69, 9.17) is 9.47 Å². The molecule has 0 spiro atoms. The minimum Gasteiger partial charge on any atom is -0.466 e. The van der Waals surface area contributed by atoms with Crippen LogP contribution in [0.15, 0.2) is 23.0 Å². The summed E-state index contributed by atoms with van der Waals surface area (Å²) in [5.41, 5.74) is -0.102. The first-order valence-corrected chi connectivity index (χ1v) is 6.69. The Balaban J connectivity index is 2.58. The smallest absolute Gasteiger partial charge is 0.302 e. The van der Waals surface area contributed by atoms with E-state index in [-0.39, 0.29) is 18.4 Å². The molecule has 0 aromatic heterocycles. The van der Waals surface area contributed by atoms with Gasteiger partial charge in [-0.25, -0.2) is 0 Å². The molecule has 6 heteroatoms. The van der Waals surface area contributed by atoms with Gasteiger partial charge in [0, 0.05) is 31.9 Å². The van der Waals surface area contributed by atoms with E-state index in [1.165, 1.54) is 19.9 Å². The van der Waals surface area contributed by atoms with Crippen LogP contribution in [0.3, 0.4) is 0 Å². The molecule has 21 heavy (non-hydrogen) atoms. The van der Waals surface area contributed by atoms with Crippen molar-refractivity contribution in [3.8, 4) is 0 Å². The van der Waals surface area contributed by atoms with Crippen LogP contribution in [-0.4, -0.2) is 30.0 Å². The fourth-order valence-electron chi connectivity index (χ4n) is 1.95. The average molecular weight is 295 g/mol. The first kappa shape index (κ1) is 16.9. The lowest BCUT2D eigenvalue weighted by molar-refractivity contribution is -0.140. The lowest BCUT2D eigenvalue weighted by atomic mass is 10.1. The van der Waals surface area contributed by atoms with Crippen LogP contribution in [0.25, 0.3) is 0 Å². The molecule has 1 rings (SSSR count). The third kappa shape index (κ3) is 4.44. The van der Waals surface area contributed by atoms with E-state index >= 15 is 0 Å². The molecule has 0 saturated heterocycles. The molecular formula is C15H21NO5. The van der Waals surface area contributed by atoms with Crippen molar-refractivity contribution in [2.24, 2.45) is 0 Å². The van der Waals surface area contributed by atoms with Crippen molar-refractivity contribution >= 4 is 17.7 Å². The molecule has 1 atom stereocenters. The van der Waals surface area contributed by atoms with Gasteiger partial charge in [-0.15, -0.1) is 0 Å². The van der Waals surface area contributed by atoms with Gasteiger partial charge in [-0.1, -0.05) is 5.57 Å². The molecule has 0 bridgehead atoms. The van der Waals surface area contributed by atoms with E-state index in [2.05, 4.69) is 5.32 Å². The molecular weight excluding hydrogens is 274 g/mol. The lowest BCUT2D eigenvalue weighted by Crippen LogP contribution is -2.51. The van der Waals surface area contributed by atoms with Crippen LogP contribution in [0.1, 0.15) is 41.0 Å². The van der Waals surface area contributed by atoms with Gasteiger partial charge in [0.1, 0.15) is 5.76 Å². The maximum Gasteiger partial charge on any atom is 0.302 e. The Labute approximate surface area is 124 Å². The van der Waals surface area contributed by atoms with Gasteiger partial charge >= 0.3 is 5.97 Å². The van der Waals surface area contributed by atoms with Gasteiger partial charge in [-0.3, -0.25) is 14.4 Å². The standard InChI is InChI=1S/C15H21NO5/c1-9(6-7-20-12(4)17)8-13(18)16-15(5)14(19)10(2)11(3)21-15/h8H,6-7H2,1-5H3,(H,16,18). The quantitative estimate of drug-likeness (QED) is 0.615. The number of carbonyl (C=O) groups is 3. The van der Waals surface area contributed by atoms with Crippen LogP contribution in [0, 0.1) is 0 Å². The fourth-order valence-corrected chi connectivity index (χ4v) is 1.95. The number of esters is 1. The average Bonchev–Trinajstić information content (AvgIpc) is 2.52. The molecule has 0 aromatic carbocycles. The monoisotopic (exact) mass is 295 g/mol. The number of nitrogens with one attached hydrogen (secondary N) is 1. The van der Waals surface area contributed by atoms with E-state index < -0.39 is 11.6 Å². The van der Waals surface area contributed by atoms with E-state index in [1.807, 2.05) is 0 Å². The molecule has 1 N–H and O–H groups in total. The zero-order valence-electron chi connectivity index (χ0n) is 13.0. The highest BCUT2D eigenvalue weighted by molar-refractivity contribution is 6.06. The molecule has 1 heterocycles. The summed E-state index contributed by atoms with van der Waals surface area (Å²) in [6.45, 7) is 8.16. The maximum atomic E-state index is 12.0. The summed E-state index contributed by atoms with van der Waals surface area (Å²) in [7, 11) is 0. The van der Waals surface area contributed by atoms with Gasteiger partial charge in [-0.2, -0.15) is 0 Å². The molecule has 1 aliphatic heterocycles. The van der Waals surface area contributed by atoms with E-state index in [9.17, 15) is 14.4 Å². The van der Waals surface area contributed by atoms with Crippen molar-refractivity contribution in [3.63, 3.8) is 0 Å². The third-order valence-electron chi connectivity index (χ3n) is 3.20. The normalized spacial score (nSPS) is 22.1. The van der Waals surface area contributed by atoms with Gasteiger partial charge < -0.3 is 14.8 Å². The van der Waals surface area contributed by atoms with Crippen molar-refractivity contribution in [2.75, 3.05) is 6.61 Å². The molecule has 0 aromatic rings. The number of ether oxygens (including phenoxy) is 2. The van der Waals surface area contributed by atoms with Crippen LogP contribution < -0.4 is 5.32 Å². The molecule has 6 nitrogen and oxygen atoms in total. The van der Waals surface area contributed by atoms with Crippen LogP contribution in [-0.2, 0) is 23.9 Å². The van der Waals surface area contributed by atoms with Gasteiger partial charge in [0.05, 0.1) is 6.61 Å². The van der Waals surface area contributed by atoms with Crippen molar-refractivity contribution in [3.05, 3.63) is 23.0 Å². The number of amides is 1. The number of Topliss-reactive ketones (excluding diaryl/α,β-unsaturated/α-hetero) is 1. The van der Waals surface area contributed by atoms with Crippen molar-refractivity contribution in [1.29, 1.82) is 0 Å². The van der Waals surface area contributed by atoms with Gasteiger partial charge in [0.15, 0.2) is 0 Å². The van der Waals surface area contributed by atoms with Crippen molar-refractivity contribution in [1.82, 2.24) is 5.32 Å². The highest BCUT2D eigenvalue weighted by Gasteiger charge is 2.43. The van der Waals surface area contributed by atoms with Gasteiger partial charge in [0.25, 0.3) is 0 Å². The van der Waals surface area contributed by atoms with Crippen LogP contribution in [0.4, 0.5) is 0 Å². The Bertz CT molecular complexity index is 532. The maximum absolute atomic E-state index is 12.0. The highest BCUT2D eigenvalue weighted by atomic mass is 16.5. The second-order valence-electron chi connectivity index (χ2n) is 5.22. The van der Waals surface area contributed by atoms with Crippen LogP contribution >= 0.6 is 0 Å². The zero-order valence-corrected chi connectivity index (χ0v) is 13.0. The Kier molecular flexibility index (Phi) is 5.29. The molecule has 1 amide bonds. The predicted octanol–water partition coefficient (Wildman–Crippen LogP) is 1.61. The number of hydrogen-bond acceptors (Lipinski definition) is 5. The number of ketones is 1. The molecule has 0 radical (unpaired) electrons. The summed E-state index contributed by atoms with van der Waals surface area (Å²) in [6, 6.07) is 0. The number of rotatable bonds is 5. The zero-order chi connectivity index (χ0) is 16.2.